The van der Waals surface area contributed by atoms with E-state index in [4.69, 9.17) is 4.74 Å². The quantitative estimate of drug-likeness (QED) is 0.908. The summed E-state index contributed by atoms with van der Waals surface area (Å²) in [6.07, 6.45) is 6.63. The van der Waals surface area contributed by atoms with Crippen LogP contribution in [0.5, 0.6) is 5.88 Å². The van der Waals surface area contributed by atoms with Gasteiger partial charge in [0.15, 0.2) is 0 Å². The number of piperidine rings is 1. The lowest BCUT2D eigenvalue weighted by Gasteiger charge is -2.36. The van der Waals surface area contributed by atoms with Crippen LogP contribution in [0.3, 0.4) is 0 Å². The first-order valence-electron chi connectivity index (χ1n) is 8.93. The number of amides is 3. The number of carbonyl (C=O) groups excluding carboxylic acids is 2. The molecule has 7 heteroatoms. The number of urea groups is 1. The highest BCUT2D eigenvalue weighted by atomic mass is 16.5. The number of pyridine rings is 1. The molecule has 0 bridgehead atoms. The fourth-order valence-electron chi connectivity index (χ4n) is 3.04. The number of likely N-dealkylation sites (tertiary alicyclic amines) is 1. The van der Waals surface area contributed by atoms with Crippen molar-refractivity contribution in [2.24, 2.45) is 5.92 Å². The van der Waals surface area contributed by atoms with E-state index in [1.807, 2.05) is 4.90 Å². The molecule has 1 aliphatic carbocycles. The third-order valence-corrected chi connectivity index (χ3v) is 4.89. The fraction of sp³-hybridized carbons (Fsp3) is 0.611. The van der Waals surface area contributed by atoms with E-state index >= 15 is 0 Å². The minimum atomic E-state index is -0.195. The van der Waals surface area contributed by atoms with E-state index in [1.165, 1.54) is 11.3 Å². The summed E-state index contributed by atoms with van der Waals surface area (Å²) < 4.78 is 5.92. The Bertz CT molecular complexity index is 605. The monoisotopic (exact) mass is 346 g/mol. The van der Waals surface area contributed by atoms with Crippen LogP contribution in [-0.2, 0) is 4.79 Å². The van der Waals surface area contributed by atoms with Crippen LogP contribution in [-0.4, -0.2) is 60.0 Å². The van der Waals surface area contributed by atoms with Crippen LogP contribution >= 0.6 is 0 Å². The maximum absolute atomic E-state index is 12.3. The van der Waals surface area contributed by atoms with Gasteiger partial charge in [-0.15, -0.1) is 0 Å². The number of nitrogens with zero attached hydrogens (tertiary/aromatic N) is 3. The third kappa shape index (κ3) is 4.41. The van der Waals surface area contributed by atoms with E-state index in [9.17, 15) is 9.59 Å². The van der Waals surface area contributed by atoms with E-state index < -0.39 is 0 Å². The maximum Gasteiger partial charge on any atom is 0.321 e. The molecule has 1 N–H and O–H groups in total. The van der Waals surface area contributed by atoms with E-state index in [1.54, 1.807) is 32.4 Å². The number of hydrogen-bond donors (Lipinski definition) is 1. The molecule has 0 aromatic carbocycles. The lowest BCUT2D eigenvalue weighted by atomic mass is 9.84. The van der Waals surface area contributed by atoms with Gasteiger partial charge in [-0.3, -0.25) is 4.79 Å². The normalized spacial score (nSPS) is 18.4. The van der Waals surface area contributed by atoms with Gasteiger partial charge in [-0.25, -0.2) is 9.78 Å². The molecule has 1 saturated heterocycles. The molecule has 25 heavy (non-hydrogen) atoms. The first-order valence-corrected chi connectivity index (χ1v) is 8.93. The SMILES string of the molecule is CN(C)C(=O)Nc1ccc(OC2CCN(C(=O)C3CCC3)CC2)nc1. The van der Waals surface area contributed by atoms with Gasteiger partial charge in [-0.2, -0.15) is 0 Å². The van der Waals surface area contributed by atoms with Gasteiger partial charge in [0, 0.05) is 52.0 Å². The second kappa shape index (κ2) is 7.72. The van der Waals surface area contributed by atoms with Crippen molar-refractivity contribution in [1.29, 1.82) is 0 Å². The summed E-state index contributed by atoms with van der Waals surface area (Å²) in [4.78, 5) is 31.5. The fourth-order valence-corrected chi connectivity index (χ4v) is 3.04. The Labute approximate surface area is 148 Å². The minimum absolute atomic E-state index is 0.0835. The summed E-state index contributed by atoms with van der Waals surface area (Å²) in [5, 5.41) is 2.74. The number of carbonyl (C=O) groups is 2. The van der Waals surface area contributed by atoms with Crippen LogP contribution in [0.2, 0.25) is 0 Å². The van der Waals surface area contributed by atoms with Gasteiger partial charge in [0.25, 0.3) is 0 Å². The topological polar surface area (TPSA) is 74.8 Å². The summed E-state index contributed by atoms with van der Waals surface area (Å²) in [5.74, 6) is 1.14. The van der Waals surface area contributed by atoms with Crippen LogP contribution < -0.4 is 10.1 Å². The molecule has 0 unspecified atom stereocenters. The first kappa shape index (κ1) is 17.5. The van der Waals surface area contributed by atoms with Crippen molar-refractivity contribution in [3.8, 4) is 5.88 Å². The molecule has 1 aromatic rings. The third-order valence-electron chi connectivity index (χ3n) is 4.89. The Balaban J connectivity index is 1.45. The molecular formula is C18H26N4O3. The molecule has 2 fully saturated rings. The maximum atomic E-state index is 12.3. The summed E-state index contributed by atoms with van der Waals surface area (Å²) in [6, 6.07) is 3.34. The number of hydrogen-bond acceptors (Lipinski definition) is 4. The molecule has 3 rings (SSSR count). The Morgan fingerprint density at radius 2 is 1.92 bits per heavy atom. The highest BCUT2D eigenvalue weighted by Gasteiger charge is 2.32. The molecule has 2 aliphatic rings. The Hall–Kier alpha value is -2.31. The van der Waals surface area contributed by atoms with Crippen molar-refractivity contribution in [3.05, 3.63) is 18.3 Å². The average molecular weight is 346 g/mol. The standard InChI is InChI=1S/C18H26N4O3/c1-21(2)18(24)20-14-6-7-16(19-12-14)25-15-8-10-22(11-9-15)17(23)13-4-3-5-13/h6-7,12-13,15H,3-5,8-11H2,1-2H3,(H,20,24). The van der Waals surface area contributed by atoms with E-state index in [2.05, 4.69) is 10.3 Å². The number of aromatic nitrogens is 1. The van der Waals surface area contributed by atoms with Gasteiger partial charge in [-0.1, -0.05) is 6.42 Å². The zero-order valence-electron chi connectivity index (χ0n) is 14.9. The summed E-state index contributed by atoms with van der Waals surface area (Å²) >= 11 is 0. The van der Waals surface area contributed by atoms with Gasteiger partial charge in [0.1, 0.15) is 6.10 Å². The van der Waals surface area contributed by atoms with Crippen molar-refractivity contribution < 1.29 is 14.3 Å². The van der Waals surface area contributed by atoms with Gasteiger partial charge in [0.05, 0.1) is 11.9 Å². The molecule has 7 nitrogen and oxygen atoms in total. The van der Waals surface area contributed by atoms with Crippen molar-refractivity contribution in [2.45, 2.75) is 38.2 Å². The van der Waals surface area contributed by atoms with Crippen molar-refractivity contribution in [2.75, 3.05) is 32.5 Å². The molecule has 1 aromatic heterocycles. The second-order valence-electron chi connectivity index (χ2n) is 6.98. The molecule has 1 saturated carbocycles. The number of rotatable bonds is 4. The zero-order valence-corrected chi connectivity index (χ0v) is 14.9. The second-order valence-corrected chi connectivity index (χ2v) is 6.98. The molecule has 2 heterocycles. The molecule has 136 valence electrons. The number of anilines is 1. The molecule has 0 radical (unpaired) electrons. The summed E-state index contributed by atoms with van der Waals surface area (Å²) in [6.45, 7) is 1.52. The highest BCUT2D eigenvalue weighted by molar-refractivity contribution is 5.88. The number of ether oxygens (including phenoxy) is 1. The summed E-state index contributed by atoms with van der Waals surface area (Å²) in [7, 11) is 3.37. The summed E-state index contributed by atoms with van der Waals surface area (Å²) in [5.41, 5.74) is 0.631. The highest BCUT2D eigenvalue weighted by Crippen LogP contribution is 2.29. The van der Waals surface area contributed by atoms with Crippen LogP contribution in [0, 0.1) is 5.92 Å². The molecular weight excluding hydrogens is 320 g/mol. The Morgan fingerprint density at radius 1 is 1.20 bits per heavy atom. The lowest BCUT2D eigenvalue weighted by Crippen LogP contribution is -2.45. The van der Waals surface area contributed by atoms with Gasteiger partial charge < -0.3 is 19.9 Å². The van der Waals surface area contributed by atoms with Crippen molar-refractivity contribution >= 4 is 17.6 Å². The predicted octanol–water partition coefficient (Wildman–Crippen LogP) is 2.35. The Kier molecular flexibility index (Phi) is 5.40. The van der Waals surface area contributed by atoms with Crippen molar-refractivity contribution in [1.82, 2.24) is 14.8 Å². The molecule has 3 amide bonds. The van der Waals surface area contributed by atoms with Crippen LogP contribution in [0.4, 0.5) is 10.5 Å². The molecule has 0 spiro atoms. The lowest BCUT2D eigenvalue weighted by molar-refractivity contribution is -0.140. The first-order chi connectivity index (χ1) is 12.0. The Morgan fingerprint density at radius 3 is 2.44 bits per heavy atom. The average Bonchev–Trinajstić information content (AvgIpc) is 2.55. The predicted molar refractivity (Wildman–Crippen MR) is 94.5 cm³/mol. The van der Waals surface area contributed by atoms with Gasteiger partial charge in [-0.05, 0) is 18.9 Å². The van der Waals surface area contributed by atoms with E-state index in [-0.39, 0.29) is 18.1 Å². The number of nitrogens with one attached hydrogen (secondary N) is 1. The minimum Gasteiger partial charge on any atom is -0.474 e. The van der Waals surface area contributed by atoms with E-state index in [0.29, 0.717) is 17.5 Å². The van der Waals surface area contributed by atoms with E-state index in [0.717, 1.165) is 38.8 Å². The van der Waals surface area contributed by atoms with Crippen LogP contribution in [0.25, 0.3) is 0 Å². The zero-order chi connectivity index (χ0) is 17.8. The van der Waals surface area contributed by atoms with Crippen LogP contribution in [0.1, 0.15) is 32.1 Å². The molecule has 1 aliphatic heterocycles. The largest absolute Gasteiger partial charge is 0.474 e. The van der Waals surface area contributed by atoms with Crippen LogP contribution in [0.15, 0.2) is 18.3 Å². The van der Waals surface area contributed by atoms with Crippen molar-refractivity contribution in [3.63, 3.8) is 0 Å². The van der Waals surface area contributed by atoms with Gasteiger partial charge in [0.2, 0.25) is 11.8 Å². The smallest absolute Gasteiger partial charge is 0.321 e. The van der Waals surface area contributed by atoms with Gasteiger partial charge >= 0.3 is 6.03 Å². The molecule has 0 atom stereocenters.